The van der Waals surface area contributed by atoms with Gasteiger partial charge in [0.05, 0.1) is 11.0 Å². The van der Waals surface area contributed by atoms with Gasteiger partial charge in [-0.3, -0.25) is 0 Å². The zero-order valence-corrected chi connectivity index (χ0v) is 10.4. The topological polar surface area (TPSA) is 59.9 Å². The number of aromatic nitrogens is 3. The van der Waals surface area contributed by atoms with Crippen molar-refractivity contribution in [1.29, 1.82) is 0 Å². The van der Waals surface area contributed by atoms with Crippen molar-refractivity contribution in [2.24, 2.45) is 0 Å². The van der Waals surface area contributed by atoms with Crippen LogP contribution in [0.4, 0.5) is 5.95 Å². The summed E-state index contributed by atoms with van der Waals surface area (Å²) < 4.78 is 5.98. The smallest absolute Gasteiger partial charge is 0.321 e. The number of rotatable bonds is 5. The summed E-state index contributed by atoms with van der Waals surface area (Å²) in [6.07, 6.45) is 0. The van der Waals surface area contributed by atoms with Crippen LogP contribution in [0.3, 0.4) is 0 Å². The first kappa shape index (κ1) is 11.4. The van der Waals surface area contributed by atoms with Crippen molar-refractivity contribution in [3.8, 4) is 6.01 Å². The summed E-state index contributed by atoms with van der Waals surface area (Å²) in [5.74, 6) is 1.32. The molecule has 6 heteroatoms. The van der Waals surface area contributed by atoms with Gasteiger partial charge < -0.3 is 10.1 Å². The Kier molecular flexibility index (Phi) is 4.85. The number of hydrogen-bond donors (Lipinski definition) is 1. The fourth-order valence-electron chi connectivity index (χ4n) is 0.889. The Labute approximate surface area is 96.8 Å². The number of alkyl halides is 1. The Balaban J connectivity index is 2.88. The second-order valence-electron chi connectivity index (χ2n) is 2.45. The first-order chi connectivity index (χ1) is 6.80. The van der Waals surface area contributed by atoms with Gasteiger partial charge in [0.25, 0.3) is 0 Å². The van der Waals surface area contributed by atoms with E-state index in [0.717, 1.165) is 16.8 Å². The fourth-order valence-corrected chi connectivity index (χ4v) is 1.23. The van der Waals surface area contributed by atoms with E-state index in [0.29, 0.717) is 18.6 Å². The number of hydrogen-bond acceptors (Lipinski definition) is 5. The van der Waals surface area contributed by atoms with E-state index in [1.807, 2.05) is 13.8 Å². The minimum Gasteiger partial charge on any atom is -0.464 e. The Morgan fingerprint density at radius 2 is 2.07 bits per heavy atom. The van der Waals surface area contributed by atoms with Crippen LogP contribution in [0, 0.1) is 0 Å². The predicted octanol–water partition coefficient (Wildman–Crippen LogP) is 1.64. The summed E-state index contributed by atoms with van der Waals surface area (Å²) >= 11 is 2.21. The van der Waals surface area contributed by atoms with E-state index >= 15 is 0 Å². The molecule has 1 aromatic heterocycles. The van der Waals surface area contributed by atoms with Gasteiger partial charge in [0.15, 0.2) is 0 Å². The van der Waals surface area contributed by atoms with E-state index in [2.05, 4.69) is 42.9 Å². The number of halogens is 1. The van der Waals surface area contributed by atoms with Gasteiger partial charge in [-0.05, 0) is 13.8 Å². The summed E-state index contributed by atoms with van der Waals surface area (Å²) in [7, 11) is 0. The molecule has 0 bridgehead atoms. The summed E-state index contributed by atoms with van der Waals surface area (Å²) in [5.41, 5.74) is 0. The van der Waals surface area contributed by atoms with Crippen molar-refractivity contribution in [1.82, 2.24) is 15.0 Å². The van der Waals surface area contributed by atoms with Gasteiger partial charge in [-0.2, -0.15) is 15.0 Å². The number of ether oxygens (including phenoxy) is 1. The molecule has 0 aromatic carbocycles. The van der Waals surface area contributed by atoms with Crippen molar-refractivity contribution < 1.29 is 4.74 Å². The Morgan fingerprint density at radius 3 is 2.64 bits per heavy atom. The van der Waals surface area contributed by atoms with Gasteiger partial charge >= 0.3 is 6.01 Å². The first-order valence-corrected chi connectivity index (χ1v) is 6.00. The highest BCUT2D eigenvalue weighted by atomic mass is 127. The largest absolute Gasteiger partial charge is 0.464 e. The summed E-state index contributed by atoms with van der Waals surface area (Å²) in [4.78, 5) is 12.4. The van der Waals surface area contributed by atoms with Crippen LogP contribution >= 0.6 is 22.6 Å². The van der Waals surface area contributed by atoms with E-state index in [1.54, 1.807) is 0 Å². The van der Waals surface area contributed by atoms with Gasteiger partial charge in [0, 0.05) is 6.54 Å². The minimum absolute atomic E-state index is 0.394. The maximum absolute atomic E-state index is 5.23. The van der Waals surface area contributed by atoms with Crippen molar-refractivity contribution in [2.45, 2.75) is 18.3 Å². The van der Waals surface area contributed by atoms with E-state index in [9.17, 15) is 0 Å². The van der Waals surface area contributed by atoms with E-state index in [1.165, 1.54) is 0 Å². The van der Waals surface area contributed by atoms with E-state index in [-0.39, 0.29) is 0 Å². The van der Waals surface area contributed by atoms with Crippen LogP contribution in [-0.4, -0.2) is 28.1 Å². The zero-order valence-electron chi connectivity index (χ0n) is 8.25. The molecule has 78 valence electrons. The molecule has 1 rings (SSSR count). The first-order valence-electron chi connectivity index (χ1n) is 4.47. The molecule has 0 fully saturated rings. The molecule has 0 aliphatic carbocycles. The molecule has 0 saturated carbocycles. The van der Waals surface area contributed by atoms with Gasteiger partial charge in [-0.1, -0.05) is 22.6 Å². The molecule has 0 amide bonds. The third-order valence-corrected chi connectivity index (χ3v) is 2.07. The molecular formula is C8H13IN4O. The summed E-state index contributed by atoms with van der Waals surface area (Å²) in [6.45, 7) is 5.25. The summed E-state index contributed by atoms with van der Waals surface area (Å²) in [5, 5.41) is 3.04. The normalized spacial score (nSPS) is 9.93. The van der Waals surface area contributed by atoms with Gasteiger partial charge in [0.2, 0.25) is 5.95 Å². The van der Waals surface area contributed by atoms with Crippen LogP contribution in [0.2, 0.25) is 0 Å². The molecule has 1 heterocycles. The van der Waals surface area contributed by atoms with E-state index < -0.39 is 0 Å². The maximum Gasteiger partial charge on any atom is 0.321 e. The molecule has 0 spiro atoms. The second-order valence-corrected chi connectivity index (χ2v) is 3.22. The zero-order chi connectivity index (χ0) is 10.4. The molecule has 5 nitrogen and oxygen atoms in total. The Bertz CT molecular complexity index is 270. The average Bonchev–Trinajstić information content (AvgIpc) is 2.18. The van der Waals surface area contributed by atoms with Crippen molar-refractivity contribution in [3.63, 3.8) is 0 Å². The lowest BCUT2D eigenvalue weighted by molar-refractivity contribution is 0.311. The van der Waals surface area contributed by atoms with Crippen LogP contribution in [0.15, 0.2) is 0 Å². The Morgan fingerprint density at radius 1 is 1.29 bits per heavy atom. The standard InChI is InChI=1S/C8H13IN4O/c1-3-10-7-11-6(5-9)12-8(13-7)14-4-2/h3-5H2,1-2H3,(H,10,11,12,13). The molecule has 1 N–H and O–H groups in total. The molecule has 0 saturated heterocycles. The van der Waals surface area contributed by atoms with Gasteiger partial charge in [-0.25, -0.2) is 0 Å². The number of nitrogens with one attached hydrogen (secondary N) is 1. The minimum atomic E-state index is 0.394. The maximum atomic E-state index is 5.23. The molecule has 0 aliphatic rings. The highest BCUT2D eigenvalue weighted by molar-refractivity contribution is 14.1. The molecule has 0 radical (unpaired) electrons. The molecule has 0 atom stereocenters. The van der Waals surface area contributed by atoms with Gasteiger partial charge in [0.1, 0.15) is 5.82 Å². The van der Waals surface area contributed by atoms with Crippen molar-refractivity contribution in [2.75, 3.05) is 18.5 Å². The lowest BCUT2D eigenvalue weighted by Gasteiger charge is -2.05. The summed E-state index contributed by atoms with van der Waals surface area (Å²) in [6, 6.07) is 0.394. The lowest BCUT2D eigenvalue weighted by Crippen LogP contribution is -2.08. The van der Waals surface area contributed by atoms with E-state index in [4.69, 9.17) is 4.74 Å². The van der Waals surface area contributed by atoms with Crippen LogP contribution in [0.25, 0.3) is 0 Å². The van der Waals surface area contributed by atoms with Crippen LogP contribution < -0.4 is 10.1 Å². The number of anilines is 1. The van der Waals surface area contributed by atoms with Crippen LogP contribution in [-0.2, 0) is 4.43 Å². The highest BCUT2D eigenvalue weighted by Gasteiger charge is 2.04. The average molecular weight is 308 g/mol. The van der Waals surface area contributed by atoms with Crippen molar-refractivity contribution >= 4 is 28.5 Å². The molecular weight excluding hydrogens is 295 g/mol. The second kappa shape index (κ2) is 5.94. The predicted molar refractivity (Wildman–Crippen MR) is 62.9 cm³/mol. The number of nitrogens with zero attached hydrogens (tertiary/aromatic N) is 3. The highest BCUT2D eigenvalue weighted by Crippen LogP contribution is 2.09. The quantitative estimate of drug-likeness (QED) is 0.662. The lowest BCUT2D eigenvalue weighted by atomic mass is 10.6. The SMILES string of the molecule is CCNc1nc(CI)nc(OCC)n1. The molecule has 14 heavy (non-hydrogen) atoms. The van der Waals surface area contributed by atoms with Gasteiger partial charge in [-0.15, -0.1) is 0 Å². The molecule has 1 aromatic rings. The third-order valence-electron chi connectivity index (χ3n) is 1.39. The molecule has 0 unspecified atom stereocenters. The fraction of sp³-hybridized carbons (Fsp3) is 0.625. The van der Waals surface area contributed by atoms with Crippen LogP contribution in [0.1, 0.15) is 19.7 Å². The third kappa shape index (κ3) is 3.24. The molecule has 0 aliphatic heterocycles. The van der Waals surface area contributed by atoms with Crippen LogP contribution in [0.5, 0.6) is 6.01 Å². The monoisotopic (exact) mass is 308 g/mol. The van der Waals surface area contributed by atoms with Crippen molar-refractivity contribution in [3.05, 3.63) is 5.82 Å². The Hall–Kier alpha value is -0.660.